The molecule has 2 heterocycles. The van der Waals surface area contributed by atoms with Crippen LogP contribution < -0.4 is 10.6 Å². The third kappa shape index (κ3) is 3.56. The normalized spacial score (nSPS) is 19.5. The number of methoxy groups -OCH3 is 1. The van der Waals surface area contributed by atoms with Crippen LogP contribution in [0.3, 0.4) is 0 Å². The third-order valence-corrected chi connectivity index (χ3v) is 4.91. The van der Waals surface area contributed by atoms with Crippen molar-refractivity contribution in [1.29, 1.82) is 0 Å². The first-order chi connectivity index (χ1) is 9.68. The zero-order valence-corrected chi connectivity index (χ0v) is 13.0. The van der Waals surface area contributed by atoms with E-state index in [4.69, 9.17) is 4.74 Å². The summed E-state index contributed by atoms with van der Waals surface area (Å²) in [6.07, 6.45) is 3.47. The van der Waals surface area contributed by atoms with Gasteiger partial charge in [-0.2, -0.15) is 0 Å². The average Bonchev–Trinajstić information content (AvgIpc) is 3.00. The summed E-state index contributed by atoms with van der Waals surface area (Å²) in [6, 6.07) is 0. The summed E-state index contributed by atoms with van der Waals surface area (Å²) in [5.41, 5.74) is -0.372. The van der Waals surface area contributed by atoms with E-state index in [0.29, 0.717) is 13.2 Å². The van der Waals surface area contributed by atoms with Crippen molar-refractivity contribution in [1.82, 2.24) is 15.6 Å². The minimum absolute atomic E-state index is 0.115. The molecule has 0 bridgehead atoms. The fourth-order valence-electron chi connectivity index (χ4n) is 2.62. The predicted molar refractivity (Wildman–Crippen MR) is 80.0 cm³/mol. The highest BCUT2D eigenvalue weighted by Crippen LogP contribution is 2.29. The van der Waals surface area contributed by atoms with Gasteiger partial charge in [-0.3, -0.25) is 4.79 Å². The fraction of sp³-hybridized carbons (Fsp3) is 0.714. The number of piperidine rings is 1. The molecule has 1 atom stereocenters. The molecule has 20 heavy (non-hydrogen) atoms. The lowest BCUT2D eigenvalue weighted by atomic mass is 9.78. The van der Waals surface area contributed by atoms with Gasteiger partial charge in [-0.15, -0.1) is 11.3 Å². The van der Waals surface area contributed by atoms with Crippen LogP contribution in [0.2, 0.25) is 0 Å². The Bertz CT molecular complexity index is 411. The molecule has 0 radical (unpaired) electrons. The van der Waals surface area contributed by atoms with Gasteiger partial charge in [0.1, 0.15) is 0 Å². The van der Waals surface area contributed by atoms with E-state index in [-0.39, 0.29) is 17.2 Å². The number of aromatic nitrogens is 1. The van der Waals surface area contributed by atoms with Crippen molar-refractivity contribution < 1.29 is 9.53 Å². The summed E-state index contributed by atoms with van der Waals surface area (Å²) in [7, 11) is 1.66. The largest absolute Gasteiger partial charge is 0.384 e. The van der Waals surface area contributed by atoms with Gasteiger partial charge in [-0.25, -0.2) is 4.98 Å². The Balaban J connectivity index is 1.91. The molecular weight excluding hydrogens is 274 g/mol. The van der Waals surface area contributed by atoms with Gasteiger partial charge in [0.25, 0.3) is 0 Å². The minimum atomic E-state index is -0.372. The van der Waals surface area contributed by atoms with Crippen LogP contribution in [0.4, 0.5) is 0 Å². The molecule has 5 nitrogen and oxygen atoms in total. The number of nitrogens with one attached hydrogen (secondary N) is 2. The molecule has 6 heteroatoms. The second kappa shape index (κ2) is 7.15. The smallest absolute Gasteiger partial charge is 0.228 e. The molecule has 0 aliphatic carbocycles. The molecular formula is C14H23N3O2S. The van der Waals surface area contributed by atoms with E-state index in [2.05, 4.69) is 22.5 Å². The Hall–Kier alpha value is -0.980. The maximum Gasteiger partial charge on any atom is 0.228 e. The van der Waals surface area contributed by atoms with Gasteiger partial charge in [0.2, 0.25) is 5.91 Å². The predicted octanol–water partition coefficient (Wildman–Crippen LogP) is 1.38. The van der Waals surface area contributed by atoms with Gasteiger partial charge in [0, 0.05) is 31.1 Å². The molecule has 1 amide bonds. The molecule has 1 fully saturated rings. The van der Waals surface area contributed by atoms with Gasteiger partial charge in [0.05, 0.1) is 17.0 Å². The van der Waals surface area contributed by atoms with E-state index in [1.165, 1.54) is 0 Å². The number of nitrogens with zero attached hydrogens (tertiary/aromatic N) is 1. The Morgan fingerprint density at radius 2 is 2.35 bits per heavy atom. The highest BCUT2D eigenvalue weighted by atomic mass is 32.1. The number of carbonyl (C=O) groups is 1. The van der Waals surface area contributed by atoms with Crippen LogP contribution in [0.25, 0.3) is 0 Å². The van der Waals surface area contributed by atoms with Crippen LogP contribution in [-0.4, -0.2) is 44.2 Å². The molecule has 2 N–H and O–H groups in total. The first kappa shape index (κ1) is 15.4. The standard InChI is InChI=1S/C14H23N3O2S/c1-11(12-16-7-8-20-12)9-17-13(18)14(10-19-2)3-5-15-6-4-14/h7-8,11,15H,3-6,9-10H2,1-2H3,(H,17,18). The van der Waals surface area contributed by atoms with Gasteiger partial charge in [-0.05, 0) is 25.9 Å². The Labute approximate surface area is 124 Å². The number of hydrogen-bond donors (Lipinski definition) is 2. The third-order valence-electron chi connectivity index (χ3n) is 3.90. The summed E-state index contributed by atoms with van der Waals surface area (Å²) < 4.78 is 5.29. The lowest BCUT2D eigenvalue weighted by molar-refractivity contribution is -0.136. The van der Waals surface area contributed by atoms with E-state index in [1.807, 2.05) is 5.38 Å². The van der Waals surface area contributed by atoms with Crippen LogP contribution in [0.15, 0.2) is 11.6 Å². The molecule has 0 spiro atoms. The highest BCUT2D eigenvalue weighted by molar-refractivity contribution is 7.09. The molecule has 0 aromatic carbocycles. The van der Waals surface area contributed by atoms with Crippen LogP contribution in [0.1, 0.15) is 30.7 Å². The number of rotatable bonds is 6. The molecule has 1 saturated heterocycles. The summed E-state index contributed by atoms with van der Waals surface area (Å²) in [5.74, 6) is 0.365. The average molecular weight is 297 g/mol. The van der Waals surface area contributed by atoms with Crippen molar-refractivity contribution in [3.63, 3.8) is 0 Å². The lowest BCUT2D eigenvalue weighted by Crippen LogP contribution is -2.50. The van der Waals surface area contributed by atoms with Gasteiger partial charge >= 0.3 is 0 Å². The number of ether oxygens (including phenoxy) is 1. The summed E-state index contributed by atoms with van der Waals surface area (Å²) >= 11 is 1.63. The molecule has 1 unspecified atom stereocenters. The van der Waals surface area contributed by atoms with E-state index in [9.17, 15) is 4.79 Å². The minimum Gasteiger partial charge on any atom is -0.384 e. The van der Waals surface area contributed by atoms with Gasteiger partial charge in [0.15, 0.2) is 0 Å². The molecule has 1 aromatic heterocycles. The lowest BCUT2D eigenvalue weighted by Gasteiger charge is -2.35. The number of hydrogen-bond acceptors (Lipinski definition) is 5. The van der Waals surface area contributed by atoms with Crippen molar-refractivity contribution in [2.24, 2.45) is 5.41 Å². The Morgan fingerprint density at radius 3 is 2.95 bits per heavy atom. The quantitative estimate of drug-likeness (QED) is 0.832. The van der Waals surface area contributed by atoms with Crippen molar-refractivity contribution in [2.75, 3.05) is 33.4 Å². The van der Waals surface area contributed by atoms with E-state index < -0.39 is 0 Å². The van der Waals surface area contributed by atoms with E-state index in [0.717, 1.165) is 30.9 Å². The number of carbonyl (C=O) groups excluding carboxylic acids is 1. The maximum absolute atomic E-state index is 12.5. The second-order valence-electron chi connectivity index (χ2n) is 5.44. The van der Waals surface area contributed by atoms with Crippen LogP contribution in [0.5, 0.6) is 0 Å². The van der Waals surface area contributed by atoms with Crippen LogP contribution in [0, 0.1) is 5.41 Å². The fourth-order valence-corrected chi connectivity index (χ4v) is 3.32. The van der Waals surface area contributed by atoms with E-state index >= 15 is 0 Å². The number of amides is 1. The molecule has 1 aromatic rings. The first-order valence-corrected chi connectivity index (χ1v) is 7.93. The molecule has 112 valence electrons. The molecule has 1 aliphatic heterocycles. The molecule has 1 aliphatic rings. The molecule has 2 rings (SSSR count). The van der Waals surface area contributed by atoms with Crippen molar-refractivity contribution in [2.45, 2.75) is 25.7 Å². The SMILES string of the molecule is COCC1(C(=O)NCC(C)c2nccs2)CCNCC1. The monoisotopic (exact) mass is 297 g/mol. The zero-order valence-electron chi connectivity index (χ0n) is 12.1. The topological polar surface area (TPSA) is 63.2 Å². The van der Waals surface area contributed by atoms with Crippen LogP contribution >= 0.6 is 11.3 Å². The Morgan fingerprint density at radius 1 is 1.60 bits per heavy atom. The number of thiazole rings is 1. The summed E-state index contributed by atoms with van der Waals surface area (Å²) in [5, 5.41) is 9.41. The summed E-state index contributed by atoms with van der Waals surface area (Å²) in [6.45, 7) is 4.96. The van der Waals surface area contributed by atoms with Crippen molar-refractivity contribution in [3.05, 3.63) is 16.6 Å². The first-order valence-electron chi connectivity index (χ1n) is 7.05. The maximum atomic E-state index is 12.5. The van der Waals surface area contributed by atoms with Gasteiger partial charge < -0.3 is 15.4 Å². The molecule has 0 saturated carbocycles. The Kier molecular flexibility index (Phi) is 5.51. The van der Waals surface area contributed by atoms with Gasteiger partial charge in [-0.1, -0.05) is 6.92 Å². The van der Waals surface area contributed by atoms with Crippen molar-refractivity contribution in [3.8, 4) is 0 Å². The van der Waals surface area contributed by atoms with Crippen molar-refractivity contribution >= 4 is 17.2 Å². The van der Waals surface area contributed by atoms with Crippen LogP contribution in [-0.2, 0) is 9.53 Å². The summed E-state index contributed by atoms with van der Waals surface area (Å²) in [4.78, 5) is 16.8. The zero-order chi connectivity index (χ0) is 14.4. The van der Waals surface area contributed by atoms with E-state index in [1.54, 1.807) is 24.6 Å². The second-order valence-corrected chi connectivity index (χ2v) is 6.37. The highest BCUT2D eigenvalue weighted by Gasteiger charge is 2.39.